The normalized spacial score (nSPS) is 32.2. The lowest BCUT2D eigenvalue weighted by Gasteiger charge is -2.55. The molecule has 0 radical (unpaired) electrons. The van der Waals surface area contributed by atoms with Gasteiger partial charge in [-0.05, 0) is 80.5 Å². The monoisotopic (exact) mass is 354 g/mol. The van der Waals surface area contributed by atoms with Crippen LogP contribution in [-0.2, 0) is 17.9 Å². The van der Waals surface area contributed by atoms with Crippen molar-refractivity contribution in [2.45, 2.75) is 65.5 Å². The second kappa shape index (κ2) is 7.34. The molecular weight excluding hydrogens is 320 g/mol. The van der Waals surface area contributed by atoms with E-state index < -0.39 is 0 Å². The van der Waals surface area contributed by atoms with Crippen LogP contribution in [0.3, 0.4) is 0 Å². The van der Waals surface area contributed by atoms with E-state index >= 15 is 0 Å². The van der Waals surface area contributed by atoms with E-state index in [-0.39, 0.29) is 5.41 Å². The topological polar surface area (TPSA) is 32.3 Å². The van der Waals surface area contributed by atoms with Crippen LogP contribution < -0.4 is 5.32 Å². The maximum absolute atomic E-state index is 13.0. The zero-order chi connectivity index (χ0) is 18.1. The van der Waals surface area contributed by atoms with Crippen molar-refractivity contribution in [3.63, 3.8) is 0 Å². The van der Waals surface area contributed by atoms with E-state index in [9.17, 15) is 4.79 Å². The summed E-state index contributed by atoms with van der Waals surface area (Å²) in [5.74, 6) is 2.81. The molecule has 26 heavy (non-hydrogen) atoms. The van der Waals surface area contributed by atoms with Gasteiger partial charge in [0.25, 0.3) is 0 Å². The number of carbonyl (C=O) groups excluding carboxylic acids is 1. The molecular formula is C23H34N2O. The van der Waals surface area contributed by atoms with Crippen molar-refractivity contribution in [1.82, 2.24) is 10.2 Å². The number of amides is 1. The van der Waals surface area contributed by atoms with Crippen LogP contribution in [-0.4, -0.2) is 23.9 Å². The summed E-state index contributed by atoms with van der Waals surface area (Å²) >= 11 is 0. The first-order valence-corrected chi connectivity index (χ1v) is 10.7. The maximum atomic E-state index is 13.0. The lowest BCUT2D eigenvalue weighted by Crippen LogP contribution is -2.53. The summed E-state index contributed by atoms with van der Waals surface area (Å²) in [7, 11) is 0. The number of nitrogens with one attached hydrogen (secondary N) is 1. The van der Waals surface area contributed by atoms with Gasteiger partial charge in [-0.3, -0.25) is 9.69 Å². The zero-order valence-electron chi connectivity index (χ0n) is 16.5. The molecule has 5 rings (SSSR count). The van der Waals surface area contributed by atoms with Crippen molar-refractivity contribution in [1.29, 1.82) is 0 Å². The largest absolute Gasteiger partial charge is 0.352 e. The van der Waals surface area contributed by atoms with Crippen molar-refractivity contribution in [3.05, 3.63) is 35.4 Å². The van der Waals surface area contributed by atoms with Crippen molar-refractivity contribution in [2.24, 2.45) is 23.2 Å². The van der Waals surface area contributed by atoms with Crippen LogP contribution in [0.1, 0.15) is 63.5 Å². The van der Waals surface area contributed by atoms with Crippen LogP contribution in [0.15, 0.2) is 24.3 Å². The van der Waals surface area contributed by atoms with E-state index in [2.05, 4.69) is 48.3 Å². The molecule has 0 spiro atoms. The van der Waals surface area contributed by atoms with E-state index in [0.29, 0.717) is 12.5 Å². The molecule has 0 aliphatic heterocycles. The molecule has 4 aliphatic rings. The third-order valence-electron chi connectivity index (χ3n) is 7.30. The molecule has 3 nitrogen and oxygen atoms in total. The first-order valence-electron chi connectivity index (χ1n) is 10.7. The molecule has 0 heterocycles. The standard InChI is InChI=1S/C23H34N2O/c1-3-25(4-2)16-18-7-5-17(6-8-18)15-24-22(26)23-12-19-9-20(13-23)11-21(10-19)14-23/h5-8,19-21H,3-4,9-16H2,1-2H3,(H,24,26). The average molecular weight is 355 g/mol. The van der Waals surface area contributed by atoms with E-state index in [4.69, 9.17) is 0 Å². The minimum absolute atomic E-state index is 0.0303. The zero-order valence-corrected chi connectivity index (χ0v) is 16.5. The molecule has 1 N–H and O–H groups in total. The highest BCUT2D eigenvalue weighted by atomic mass is 16.2. The van der Waals surface area contributed by atoms with Crippen molar-refractivity contribution in [2.75, 3.05) is 13.1 Å². The second-order valence-corrected chi connectivity index (χ2v) is 9.16. The molecule has 0 saturated heterocycles. The van der Waals surface area contributed by atoms with Gasteiger partial charge >= 0.3 is 0 Å². The highest BCUT2D eigenvalue weighted by Crippen LogP contribution is 2.60. The van der Waals surface area contributed by atoms with Gasteiger partial charge in [0.1, 0.15) is 0 Å². The van der Waals surface area contributed by atoms with Crippen LogP contribution in [0.2, 0.25) is 0 Å². The Balaban J connectivity index is 1.33. The minimum Gasteiger partial charge on any atom is -0.352 e. The van der Waals surface area contributed by atoms with Crippen LogP contribution in [0.4, 0.5) is 0 Å². The number of benzene rings is 1. The van der Waals surface area contributed by atoms with Gasteiger partial charge in [-0.15, -0.1) is 0 Å². The first-order chi connectivity index (χ1) is 12.6. The van der Waals surface area contributed by atoms with Crippen molar-refractivity contribution in [3.8, 4) is 0 Å². The predicted octanol–water partition coefficient (Wildman–Crippen LogP) is 4.36. The highest BCUT2D eigenvalue weighted by Gasteiger charge is 2.54. The van der Waals surface area contributed by atoms with E-state index in [1.165, 1.54) is 30.4 Å². The molecule has 1 amide bonds. The fourth-order valence-corrected chi connectivity index (χ4v) is 6.23. The Hall–Kier alpha value is -1.35. The van der Waals surface area contributed by atoms with E-state index in [1.54, 1.807) is 0 Å². The number of carbonyl (C=O) groups is 1. The Morgan fingerprint density at radius 1 is 0.962 bits per heavy atom. The number of hydrogen-bond acceptors (Lipinski definition) is 2. The Kier molecular flexibility index (Phi) is 5.09. The number of nitrogens with zero attached hydrogens (tertiary/aromatic N) is 1. The van der Waals surface area contributed by atoms with Gasteiger partial charge in [-0.25, -0.2) is 0 Å². The molecule has 0 atom stereocenters. The molecule has 1 aromatic rings. The summed E-state index contributed by atoms with van der Waals surface area (Å²) in [6, 6.07) is 8.78. The summed E-state index contributed by atoms with van der Waals surface area (Å²) in [6.45, 7) is 8.26. The molecule has 4 fully saturated rings. The fraction of sp³-hybridized carbons (Fsp3) is 0.696. The Morgan fingerprint density at radius 2 is 1.46 bits per heavy atom. The van der Waals surface area contributed by atoms with Crippen LogP contribution in [0.25, 0.3) is 0 Å². The summed E-state index contributed by atoms with van der Waals surface area (Å²) < 4.78 is 0. The molecule has 0 unspecified atom stereocenters. The van der Waals surface area contributed by atoms with Gasteiger partial charge in [-0.2, -0.15) is 0 Å². The van der Waals surface area contributed by atoms with Gasteiger partial charge in [0.05, 0.1) is 0 Å². The summed E-state index contributed by atoms with van der Waals surface area (Å²) in [4.78, 5) is 15.5. The molecule has 1 aromatic carbocycles. The third kappa shape index (κ3) is 3.55. The lowest BCUT2D eigenvalue weighted by atomic mass is 9.49. The van der Waals surface area contributed by atoms with Gasteiger partial charge in [0, 0.05) is 18.5 Å². The van der Waals surface area contributed by atoms with Crippen LogP contribution >= 0.6 is 0 Å². The van der Waals surface area contributed by atoms with Crippen LogP contribution in [0, 0.1) is 23.2 Å². The molecule has 4 aliphatic carbocycles. The van der Waals surface area contributed by atoms with Crippen molar-refractivity contribution < 1.29 is 4.79 Å². The summed E-state index contributed by atoms with van der Waals surface area (Å²) in [5, 5.41) is 3.29. The van der Waals surface area contributed by atoms with E-state index in [1.807, 2.05) is 0 Å². The summed E-state index contributed by atoms with van der Waals surface area (Å²) in [5.41, 5.74) is 2.54. The molecule has 3 heteroatoms. The average Bonchev–Trinajstić information content (AvgIpc) is 2.64. The van der Waals surface area contributed by atoms with Crippen molar-refractivity contribution >= 4 is 5.91 Å². The SMILES string of the molecule is CCN(CC)Cc1ccc(CNC(=O)C23CC4CC(CC(C4)C2)C3)cc1. The van der Waals surface area contributed by atoms with E-state index in [0.717, 1.165) is 56.7 Å². The minimum atomic E-state index is -0.0303. The Morgan fingerprint density at radius 3 is 1.96 bits per heavy atom. The summed E-state index contributed by atoms with van der Waals surface area (Å²) in [6.07, 6.45) is 7.61. The van der Waals surface area contributed by atoms with Gasteiger partial charge in [0.2, 0.25) is 5.91 Å². The molecule has 142 valence electrons. The molecule has 0 aromatic heterocycles. The first kappa shape index (κ1) is 18.0. The van der Waals surface area contributed by atoms with Gasteiger partial charge in [-0.1, -0.05) is 38.1 Å². The smallest absolute Gasteiger partial charge is 0.226 e. The number of rotatable bonds is 7. The van der Waals surface area contributed by atoms with Gasteiger partial charge < -0.3 is 5.32 Å². The third-order valence-corrected chi connectivity index (χ3v) is 7.30. The molecule has 4 saturated carbocycles. The Labute approximate surface area is 158 Å². The van der Waals surface area contributed by atoms with Crippen LogP contribution in [0.5, 0.6) is 0 Å². The second-order valence-electron chi connectivity index (χ2n) is 9.16. The molecule has 4 bridgehead atoms. The quantitative estimate of drug-likeness (QED) is 0.789. The highest BCUT2D eigenvalue weighted by molar-refractivity contribution is 5.83. The van der Waals surface area contributed by atoms with Gasteiger partial charge in [0.15, 0.2) is 0 Å². The Bertz CT molecular complexity index is 597. The lowest BCUT2D eigenvalue weighted by molar-refractivity contribution is -0.146. The predicted molar refractivity (Wildman–Crippen MR) is 106 cm³/mol. The number of hydrogen-bond donors (Lipinski definition) is 1. The fourth-order valence-electron chi connectivity index (χ4n) is 6.23. The maximum Gasteiger partial charge on any atom is 0.226 e.